The van der Waals surface area contributed by atoms with Gasteiger partial charge >= 0.3 is 12.1 Å². The second kappa shape index (κ2) is 6.81. The molecule has 0 aliphatic rings. The molecule has 0 heterocycles. The predicted octanol–water partition coefficient (Wildman–Crippen LogP) is 3.32. The standard InChI is InChI=1S/C15H18F3NO3/c1-14(2,13(21)22-3)9-12(20)19-11-6-4-10(5-7-11)8-15(16,17)18/h4-7H,8-9H2,1-3H3,(H,19,20). The number of halogens is 3. The van der Waals surface area contributed by atoms with Crippen molar-refractivity contribution in [2.75, 3.05) is 12.4 Å². The Hall–Kier alpha value is -2.05. The van der Waals surface area contributed by atoms with Gasteiger partial charge < -0.3 is 10.1 Å². The number of methoxy groups -OCH3 is 1. The molecule has 0 radical (unpaired) electrons. The SMILES string of the molecule is COC(=O)C(C)(C)CC(=O)Nc1ccc(CC(F)(F)F)cc1. The van der Waals surface area contributed by atoms with E-state index in [2.05, 4.69) is 10.1 Å². The minimum absolute atomic E-state index is 0.0933. The fraction of sp³-hybridized carbons (Fsp3) is 0.467. The topological polar surface area (TPSA) is 55.4 Å². The molecule has 1 aromatic rings. The van der Waals surface area contributed by atoms with Crippen molar-refractivity contribution in [3.05, 3.63) is 29.8 Å². The molecule has 0 bridgehead atoms. The maximum absolute atomic E-state index is 12.2. The summed E-state index contributed by atoms with van der Waals surface area (Å²) in [5.41, 5.74) is -0.494. The van der Waals surface area contributed by atoms with Crippen LogP contribution in [-0.2, 0) is 20.7 Å². The zero-order valence-corrected chi connectivity index (χ0v) is 12.6. The van der Waals surface area contributed by atoms with Crippen molar-refractivity contribution in [3.8, 4) is 0 Å². The second-order valence-corrected chi connectivity index (χ2v) is 5.59. The molecule has 1 N–H and O–H groups in total. The number of rotatable bonds is 5. The third-order valence-corrected chi connectivity index (χ3v) is 2.98. The van der Waals surface area contributed by atoms with E-state index in [1.54, 1.807) is 13.8 Å². The monoisotopic (exact) mass is 317 g/mol. The summed E-state index contributed by atoms with van der Waals surface area (Å²) >= 11 is 0. The molecule has 122 valence electrons. The van der Waals surface area contributed by atoms with Crippen LogP contribution in [0, 0.1) is 5.41 Å². The first-order chi connectivity index (χ1) is 10.0. The second-order valence-electron chi connectivity index (χ2n) is 5.59. The van der Waals surface area contributed by atoms with E-state index >= 15 is 0 Å². The maximum Gasteiger partial charge on any atom is 0.393 e. The highest BCUT2D eigenvalue weighted by Crippen LogP contribution is 2.24. The number of anilines is 1. The largest absolute Gasteiger partial charge is 0.469 e. The van der Waals surface area contributed by atoms with Gasteiger partial charge in [-0.2, -0.15) is 13.2 Å². The molecule has 0 unspecified atom stereocenters. The molecule has 0 aliphatic heterocycles. The minimum Gasteiger partial charge on any atom is -0.469 e. The number of nitrogens with one attached hydrogen (secondary N) is 1. The molecule has 0 saturated carbocycles. The first kappa shape index (κ1) is 18.0. The van der Waals surface area contributed by atoms with Crippen LogP contribution in [0.1, 0.15) is 25.8 Å². The Kier molecular flexibility index (Phi) is 5.57. The summed E-state index contributed by atoms with van der Waals surface area (Å²) in [4.78, 5) is 23.4. The zero-order chi connectivity index (χ0) is 17.0. The molecule has 0 aromatic heterocycles. The number of benzene rings is 1. The molecule has 22 heavy (non-hydrogen) atoms. The molecular formula is C15H18F3NO3. The fourth-order valence-corrected chi connectivity index (χ4v) is 1.89. The van der Waals surface area contributed by atoms with Gasteiger partial charge in [-0.1, -0.05) is 12.1 Å². The van der Waals surface area contributed by atoms with Crippen molar-refractivity contribution >= 4 is 17.6 Å². The summed E-state index contributed by atoms with van der Waals surface area (Å²) < 4.78 is 41.3. The Bertz CT molecular complexity index is 536. The first-order valence-corrected chi connectivity index (χ1v) is 6.57. The third-order valence-electron chi connectivity index (χ3n) is 2.98. The number of amides is 1. The minimum atomic E-state index is -4.27. The van der Waals surface area contributed by atoms with Crippen molar-refractivity contribution in [1.82, 2.24) is 0 Å². The number of ether oxygens (including phenoxy) is 1. The van der Waals surface area contributed by atoms with Crippen LogP contribution in [0.3, 0.4) is 0 Å². The predicted molar refractivity (Wildman–Crippen MR) is 75.2 cm³/mol. The van der Waals surface area contributed by atoms with Gasteiger partial charge in [0.2, 0.25) is 5.91 Å². The maximum atomic E-state index is 12.2. The molecule has 0 aliphatic carbocycles. The van der Waals surface area contributed by atoms with Gasteiger partial charge in [-0.3, -0.25) is 9.59 Å². The Labute approximate surface area is 126 Å². The van der Waals surface area contributed by atoms with Gasteiger partial charge in [0, 0.05) is 12.1 Å². The van der Waals surface area contributed by atoms with E-state index in [9.17, 15) is 22.8 Å². The van der Waals surface area contributed by atoms with E-state index in [-0.39, 0.29) is 12.0 Å². The Balaban J connectivity index is 2.64. The molecule has 1 amide bonds. The van der Waals surface area contributed by atoms with E-state index in [1.807, 2.05) is 0 Å². The molecule has 4 nitrogen and oxygen atoms in total. The smallest absolute Gasteiger partial charge is 0.393 e. The lowest BCUT2D eigenvalue weighted by Gasteiger charge is -2.20. The van der Waals surface area contributed by atoms with Crippen LogP contribution in [0.2, 0.25) is 0 Å². The quantitative estimate of drug-likeness (QED) is 0.848. The number of alkyl halides is 3. The van der Waals surface area contributed by atoms with Crippen molar-refractivity contribution < 1.29 is 27.5 Å². The van der Waals surface area contributed by atoms with Crippen LogP contribution in [-0.4, -0.2) is 25.2 Å². The first-order valence-electron chi connectivity index (χ1n) is 6.57. The molecule has 1 aromatic carbocycles. The van der Waals surface area contributed by atoms with Gasteiger partial charge in [0.15, 0.2) is 0 Å². The van der Waals surface area contributed by atoms with E-state index in [4.69, 9.17) is 0 Å². The van der Waals surface area contributed by atoms with Crippen LogP contribution in [0.25, 0.3) is 0 Å². The summed E-state index contributed by atoms with van der Waals surface area (Å²) in [6.45, 7) is 3.15. The van der Waals surface area contributed by atoms with E-state index in [0.29, 0.717) is 5.69 Å². The van der Waals surface area contributed by atoms with Gasteiger partial charge in [0.1, 0.15) is 0 Å². The fourth-order valence-electron chi connectivity index (χ4n) is 1.89. The van der Waals surface area contributed by atoms with Crippen molar-refractivity contribution in [2.45, 2.75) is 32.9 Å². The lowest BCUT2D eigenvalue weighted by Crippen LogP contribution is -2.30. The van der Waals surface area contributed by atoms with Gasteiger partial charge in [-0.25, -0.2) is 0 Å². The van der Waals surface area contributed by atoms with Gasteiger partial charge in [0.05, 0.1) is 18.9 Å². The molecule has 0 fully saturated rings. The Morgan fingerprint density at radius 3 is 2.14 bits per heavy atom. The summed E-state index contributed by atoms with van der Waals surface area (Å²) in [5.74, 6) is -0.929. The van der Waals surface area contributed by atoms with Crippen LogP contribution >= 0.6 is 0 Å². The highest BCUT2D eigenvalue weighted by atomic mass is 19.4. The van der Waals surface area contributed by atoms with E-state index < -0.39 is 29.9 Å². The summed E-state index contributed by atoms with van der Waals surface area (Å²) in [7, 11) is 1.24. The number of esters is 1. The Morgan fingerprint density at radius 2 is 1.68 bits per heavy atom. The summed E-state index contributed by atoms with van der Waals surface area (Å²) in [6.07, 6.45) is -5.38. The van der Waals surface area contributed by atoms with Crippen molar-refractivity contribution in [1.29, 1.82) is 0 Å². The highest BCUT2D eigenvalue weighted by Gasteiger charge is 2.31. The van der Waals surface area contributed by atoms with Crippen molar-refractivity contribution in [2.24, 2.45) is 5.41 Å². The molecule has 1 rings (SSSR count). The van der Waals surface area contributed by atoms with Gasteiger partial charge in [0.25, 0.3) is 0 Å². The highest BCUT2D eigenvalue weighted by molar-refractivity contribution is 5.94. The van der Waals surface area contributed by atoms with Crippen molar-refractivity contribution in [3.63, 3.8) is 0 Å². The third kappa shape index (κ3) is 5.75. The average molecular weight is 317 g/mol. The summed E-state index contributed by atoms with van der Waals surface area (Å²) in [6, 6.07) is 5.39. The van der Waals surface area contributed by atoms with E-state index in [1.165, 1.54) is 31.4 Å². The normalized spacial score (nSPS) is 11.9. The lowest BCUT2D eigenvalue weighted by molar-refractivity contribution is -0.152. The van der Waals surface area contributed by atoms with Gasteiger partial charge in [-0.15, -0.1) is 0 Å². The lowest BCUT2D eigenvalue weighted by atomic mass is 9.89. The number of carbonyl (C=O) groups is 2. The number of hydrogen-bond donors (Lipinski definition) is 1. The van der Waals surface area contributed by atoms with E-state index in [0.717, 1.165) is 0 Å². The van der Waals surface area contributed by atoms with Gasteiger partial charge in [-0.05, 0) is 31.5 Å². The van der Waals surface area contributed by atoms with Crippen LogP contribution < -0.4 is 5.32 Å². The zero-order valence-electron chi connectivity index (χ0n) is 12.6. The molecule has 0 spiro atoms. The molecule has 0 atom stereocenters. The average Bonchev–Trinajstić information content (AvgIpc) is 2.37. The van der Waals surface area contributed by atoms with Crippen LogP contribution in [0.15, 0.2) is 24.3 Å². The number of carbonyl (C=O) groups excluding carboxylic acids is 2. The molecule has 7 heteroatoms. The summed E-state index contributed by atoms with van der Waals surface area (Å²) in [5, 5.41) is 2.54. The molecule has 0 saturated heterocycles. The Morgan fingerprint density at radius 1 is 1.14 bits per heavy atom. The van der Waals surface area contributed by atoms with Crippen LogP contribution in [0.4, 0.5) is 18.9 Å². The van der Waals surface area contributed by atoms with Crippen LogP contribution in [0.5, 0.6) is 0 Å². The number of hydrogen-bond acceptors (Lipinski definition) is 3. The molecular weight excluding hydrogens is 299 g/mol.